The molecule has 212 valence electrons. The maximum Gasteiger partial charge on any atom is 0.255 e. The van der Waals surface area contributed by atoms with Crippen LogP contribution >= 0.6 is 0 Å². The highest BCUT2D eigenvalue weighted by molar-refractivity contribution is 7.91. The lowest BCUT2D eigenvalue weighted by Crippen LogP contribution is -2.14. The third kappa shape index (κ3) is 5.87. The van der Waals surface area contributed by atoms with Crippen molar-refractivity contribution in [2.24, 2.45) is 0 Å². The fraction of sp³-hybridized carbons (Fsp3) is 0.212. The molecular formula is C33H31N5O3S. The van der Waals surface area contributed by atoms with Crippen molar-refractivity contribution >= 4 is 21.4 Å². The number of aryl methyl sites for hydroxylation is 1. The van der Waals surface area contributed by atoms with E-state index in [0.29, 0.717) is 35.5 Å². The van der Waals surface area contributed by atoms with E-state index in [9.17, 15) is 13.2 Å². The summed E-state index contributed by atoms with van der Waals surface area (Å²) in [7, 11) is -3.14. The van der Waals surface area contributed by atoms with Gasteiger partial charge in [0.05, 0.1) is 28.9 Å². The Morgan fingerprint density at radius 1 is 0.952 bits per heavy atom. The summed E-state index contributed by atoms with van der Waals surface area (Å²) in [5, 5.41) is 8.02. The molecule has 9 heteroatoms. The number of carbonyl (C=O) groups is 1. The van der Waals surface area contributed by atoms with Gasteiger partial charge in [-0.3, -0.25) is 19.4 Å². The molecule has 1 atom stereocenters. The van der Waals surface area contributed by atoms with Crippen LogP contribution in [-0.4, -0.2) is 45.6 Å². The molecule has 1 aliphatic rings. The van der Waals surface area contributed by atoms with Crippen molar-refractivity contribution < 1.29 is 13.2 Å². The van der Waals surface area contributed by atoms with Crippen molar-refractivity contribution in [3.05, 3.63) is 120 Å². The molecule has 1 unspecified atom stereocenters. The SMILES string of the molecule is CCc1cc(NC(=O)c2cccc(Cc3c(-c4ccccn4)nn(C4CCS(=O)(=O)C4)c3-c3ccccc3)c2)ccn1. The van der Waals surface area contributed by atoms with Gasteiger partial charge in [0.15, 0.2) is 9.84 Å². The number of hydrogen-bond acceptors (Lipinski definition) is 6. The minimum Gasteiger partial charge on any atom is -0.322 e. The number of aromatic nitrogens is 4. The second-order valence-corrected chi connectivity index (χ2v) is 12.7. The van der Waals surface area contributed by atoms with Gasteiger partial charge in [-0.1, -0.05) is 55.5 Å². The fourth-order valence-corrected chi connectivity index (χ4v) is 7.15. The Bertz CT molecular complexity index is 1840. The number of nitrogens with one attached hydrogen (secondary N) is 1. The summed E-state index contributed by atoms with van der Waals surface area (Å²) in [5.41, 5.74) is 7.25. The van der Waals surface area contributed by atoms with Crippen LogP contribution < -0.4 is 5.32 Å². The van der Waals surface area contributed by atoms with Crippen molar-refractivity contribution in [1.82, 2.24) is 19.7 Å². The molecule has 0 radical (unpaired) electrons. The summed E-state index contributed by atoms with van der Waals surface area (Å²) in [5.74, 6) is -0.000735. The number of pyridine rings is 2. The van der Waals surface area contributed by atoms with E-state index in [1.165, 1.54) is 0 Å². The third-order valence-electron chi connectivity index (χ3n) is 7.52. The van der Waals surface area contributed by atoms with E-state index in [-0.39, 0.29) is 23.5 Å². The topological polar surface area (TPSA) is 107 Å². The van der Waals surface area contributed by atoms with E-state index in [1.807, 2.05) is 84.4 Å². The monoisotopic (exact) mass is 577 g/mol. The number of anilines is 1. The first-order chi connectivity index (χ1) is 20.4. The van der Waals surface area contributed by atoms with Crippen LogP contribution in [0.15, 0.2) is 97.3 Å². The number of benzene rings is 2. The Morgan fingerprint density at radius 2 is 1.79 bits per heavy atom. The Morgan fingerprint density at radius 3 is 2.52 bits per heavy atom. The molecular weight excluding hydrogens is 546 g/mol. The standard InChI is InChI=1S/C33H31N5O3S/c1-2-26-21-27(14-17-34-26)36-33(39)25-12-8-9-23(19-25)20-29-31(30-13-6-7-16-35-30)37-38(28-15-18-42(40,41)22-28)32(29)24-10-4-3-5-11-24/h3-14,16-17,19,21,28H,2,15,18,20,22H2,1H3,(H,34,36,39). The molecule has 3 aromatic heterocycles. The highest BCUT2D eigenvalue weighted by atomic mass is 32.2. The number of nitrogens with zero attached hydrogens (tertiary/aromatic N) is 4. The highest BCUT2D eigenvalue weighted by Crippen LogP contribution is 2.37. The van der Waals surface area contributed by atoms with Crippen LogP contribution in [0.2, 0.25) is 0 Å². The van der Waals surface area contributed by atoms with Gasteiger partial charge >= 0.3 is 0 Å². The lowest BCUT2D eigenvalue weighted by Gasteiger charge is -2.15. The predicted octanol–water partition coefficient (Wildman–Crippen LogP) is 5.77. The molecule has 42 heavy (non-hydrogen) atoms. The van der Waals surface area contributed by atoms with Crippen LogP contribution in [0, 0.1) is 0 Å². The molecule has 1 saturated heterocycles. The summed E-state index contributed by atoms with van der Waals surface area (Å²) >= 11 is 0. The van der Waals surface area contributed by atoms with Crippen LogP contribution in [-0.2, 0) is 22.7 Å². The number of sulfone groups is 1. The summed E-state index contributed by atoms with van der Waals surface area (Å²) in [6.45, 7) is 2.02. The van der Waals surface area contributed by atoms with Crippen molar-refractivity contribution in [3.8, 4) is 22.6 Å². The van der Waals surface area contributed by atoms with Gasteiger partial charge in [-0.15, -0.1) is 0 Å². The van der Waals surface area contributed by atoms with Gasteiger partial charge in [0.2, 0.25) is 0 Å². The molecule has 1 N–H and O–H groups in total. The van der Waals surface area contributed by atoms with E-state index < -0.39 is 9.84 Å². The highest BCUT2D eigenvalue weighted by Gasteiger charge is 2.33. The van der Waals surface area contributed by atoms with Gasteiger partial charge in [0, 0.05) is 46.9 Å². The van der Waals surface area contributed by atoms with Gasteiger partial charge in [-0.2, -0.15) is 5.10 Å². The smallest absolute Gasteiger partial charge is 0.255 e. The fourth-order valence-electron chi connectivity index (χ4n) is 5.46. The molecule has 8 nitrogen and oxygen atoms in total. The lowest BCUT2D eigenvalue weighted by atomic mass is 9.96. The van der Waals surface area contributed by atoms with Gasteiger partial charge in [-0.05, 0) is 54.8 Å². The minimum absolute atomic E-state index is 0.0556. The molecule has 6 rings (SSSR count). The third-order valence-corrected chi connectivity index (χ3v) is 9.27. The average Bonchev–Trinajstić information content (AvgIpc) is 3.57. The molecule has 0 bridgehead atoms. The Hall–Kier alpha value is -4.63. The molecule has 0 spiro atoms. The van der Waals surface area contributed by atoms with Crippen LogP contribution in [0.5, 0.6) is 0 Å². The maximum absolute atomic E-state index is 13.2. The normalized spacial score (nSPS) is 15.9. The molecule has 1 fully saturated rings. The molecule has 5 aromatic rings. The van der Waals surface area contributed by atoms with Crippen molar-refractivity contribution in [2.45, 2.75) is 32.2 Å². The number of hydrogen-bond donors (Lipinski definition) is 1. The maximum atomic E-state index is 13.2. The van der Waals surface area contributed by atoms with Crippen LogP contribution in [0.4, 0.5) is 5.69 Å². The van der Waals surface area contributed by atoms with E-state index >= 15 is 0 Å². The Labute approximate surface area is 245 Å². The first-order valence-corrected chi connectivity index (χ1v) is 15.9. The Balaban J connectivity index is 1.42. The zero-order chi connectivity index (χ0) is 29.1. The number of amides is 1. The van der Waals surface area contributed by atoms with Crippen LogP contribution in [0.1, 0.15) is 46.6 Å². The van der Waals surface area contributed by atoms with Crippen molar-refractivity contribution in [3.63, 3.8) is 0 Å². The van der Waals surface area contributed by atoms with Crippen LogP contribution in [0.3, 0.4) is 0 Å². The second kappa shape index (κ2) is 11.7. The summed E-state index contributed by atoms with van der Waals surface area (Å²) in [6, 6.07) is 26.6. The van der Waals surface area contributed by atoms with E-state index in [1.54, 1.807) is 24.5 Å². The quantitative estimate of drug-likeness (QED) is 0.251. The Kier molecular flexibility index (Phi) is 7.67. The van der Waals surface area contributed by atoms with E-state index in [0.717, 1.165) is 34.5 Å². The van der Waals surface area contributed by atoms with Gasteiger partial charge in [0.1, 0.15) is 5.69 Å². The van der Waals surface area contributed by atoms with Crippen LogP contribution in [0.25, 0.3) is 22.6 Å². The lowest BCUT2D eigenvalue weighted by molar-refractivity contribution is 0.102. The second-order valence-electron chi connectivity index (χ2n) is 10.5. The number of rotatable bonds is 8. The van der Waals surface area contributed by atoms with E-state index in [2.05, 4.69) is 15.3 Å². The minimum atomic E-state index is -3.14. The largest absolute Gasteiger partial charge is 0.322 e. The average molecular weight is 578 g/mol. The van der Waals surface area contributed by atoms with Crippen molar-refractivity contribution in [2.75, 3.05) is 16.8 Å². The molecule has 2 aromatic carbocycles. The van der Waals surface area contributed by atoms with Crippen molar-refractivity contribution in [1.29, 1.82) is 0 Å². The summed E-state index contributed by atoms with van der Waals surface area (Å²) in [4.78, 5) is 22.1. The molecule has 4 heterocycles. The van der Waals surface area contributed by atoms with Gasteiger partial charge < -0.3 is 5.32 Å². The summed E-state index contributed by atoms with van der Waals surface area (Å²) in [6.07, 6.45) is 5.19. The predicted molar refractivity (Wildman–Crippen MR) is 164 cm³/mol. The van der Waals surface area contributed by atoms with Gasteiger partial charge in [0.25, 0.3) is 5.91 Å². The zero-order valence-corrected chi connectivity index (χ0v) is 24.1. The van der Waals surface area contributed by atoms with E-state index in [4.69, 9.17) is 5.10 Å². The number of carbonyl (C=O) groups excluding carboxylic acids is 1. The molecule has 0 saturated carbocycles. The molecule has 1 aliphatic heterocycles. The first-order valence-electron chi connectivity index (χ1n) is 14.0. The summed E-state index contributed by atoms with van der Waals surface area (Å²) < 4.78 is 26.9. The van der Waals surface area contributed by atoms with Gasteiger partial charge in [-0.25, -0.2) is 8.42 Å². The zero-order valence-electron chi connectivity index (χ0n) is 23.3. The molecule has 0 aliphatic carbocycles. The first kappa shape index (κ1) is 27.5. The molecule has 1 amide bonds.